The number of nitrogens with two attached hydrogens (primary N) is 1. The molecule has 1 fully saturated rings. The molecule has 0 spiro atoms. The number of hydrogen-bond donors (Lipinski definition) is 2. The Bertz CT molecular complexity index is 1110. The van der Waals surface area contributed by atoms with Gasteiger partial charge in [-0.05, 0) is 13.0 Å². The third-order valence-electron chi connectivity index (χ3n) is 4.97. The van der Waals surface area contributed by atoms with Gasteiger partial charge in [-0.3, -0.25) is 5.43 Å². The second-order valence-corrected chi connectivity index (χ2v) is 7.12. The van der Waals surface area contributed by atoms with E-state index in [1.165, 1.54) is 0 Å². The molecule has 3 aromatic rings. The molecular weight excluding hydrogens is 380 g/mol. The van der Waals surface area contributed by atoms with Gasteiger partial charge in [0.2, 0.25) is 0 Å². The third kappa shape index (κ3) is 4.18. The number of pyridine rings is 1. The summed E-state index contributed by atoms with van der Waals surface area (Å²) >= 11 is 0. The molecule has 0 saturated carbocycles. The molecule has 1 aliphatic rings. The molecule has 9 nitrogen and oxygen atoms in total. The summed E-state index contributed by atoms with van der Waals surface area (Å²) in [5.41, 5.74) is 13.6. The molecule has 30 heavy (non-hydrogen) atoms. The van der Waals surface area contributed by atoms with Crippen LogP contribution in [0.2, 0.25) is 0 Å². The number of aryl methyl sites for hydroxylation is 2. The maximum Gasteiger partial charge on any atom is 0.164 e. The summed E-state index contributed by atoms with van der Waals surface area (Å²) in [4.78, 5) is 11.5. The van der Waals surface area contributed by atoms with Crippen molar-refractivity contribution >= 4 is 28.5 Å². The number of ether oxygens (including phenoxy) is 1. The summed E-state index contributed by atoms with van der Waals surface area (Å²) in [7, 11) is 0. The number of benzene rings is 1. The molecule has 0 atom stereocenters. The molecule has 0 bridgehead atoms. The van der Waals surface area contributed by atoms with Gasteiger partial charge < -0.3 is 19.9 Å². The topological polar surface area (TPSA) is 117 Å². The molecule has 0 amide bonds. The SMILES string of the molecule is Cc1cccc(/C(N)=N/Nc2cc(N3CCOCC3)c3ncn(CCC#N)c3n2)c1. The van der Waals surface area contributed by atoms with E-state index < -0.39 is 0 Å². The summed E-state index contributed by atoms with van der Waals surface area (Å²) in [5, 5.41) is 13.3. The van der Waals surface area contributed by atoms with Crippen LogP contribution in [0.1, 0.15) is 17.5 Å². The highest BCUT2D eigenvalue weighted by Crippen LogP contribution is 2.28. The first-order chi connectivity index (χ1) is 14.7. The van der Waals surface area contributed by atoms with E-state index in [9.17, 15) is 0 Å². The molecule has 154 valence electrons. The lowest BCUT2D eigenvalue weighted by atomic mass is 10.1. The number of hydrogen-bond acceptors (Lipinski definition) is 7. The monoisotopic (exact) mass is 404 g/mol. The van der Waals surface area contributed by atoms with Crippen LogP contribution < -0.4 is 16.1 Å². The van der Waals surface area contributed by atoms with Crippen molar-refractivity contribution in [2.45, 2.75) is 19.9 Å². The van der Waals surface area contributed by atoms with Crippen LogP contribution in [0, 0.1) is 18.3 Å². The van der Waals surface area contributed by atoms with Crippen LogP contribution in [-0.2, 0) is 11.3 Å². The smallest absolute Gasteiger partial charge is 0.164 e. The Hall–Kier alpha value is -3.64. The number of anilines is 2. The van der Waals surface area contributed by atoms with E-state index in [2.05, 4.69) is 31.5 Å². The summed E-state index contributed by atoms with van der Waals surface area (Å²) in [6.07, 6.45) is 2.11. The summed E-state index contributed by atoms with van der Waals surface area (Å²) in [6, 6.07) is 12.0. The number of fused-ring (bicyclic) bond motifs is 1. The molecule has 1 aliphatic heterocycles. The van der Waals surface area contributed by atoms with Crippen LogP contribution in [0.15, 0.2) is 41.8 Å². The molecule has 4 rings (SSSR count). The van der Waals surface area contributed by atoms with E-state index in [4.69, 9.17) is 15.7 Å². The molecule has 3 heterocycles. The number of amidine groups is 1. The number of imidazole rings is 1. The van der Waals surface area contributed by atoms with Gasteiger partial charge in [0, 0.05) is 31.3 Å². The fraction of sp³-hybridized carbons (Fsp3) is 0.333. The highest BCUT2D eigenvalue weighted by atomic mass is 16.5. The summed E-state index contributed by atoms with van der Waals surface area (Å²) < 4.78 is 7.38. The first kappa shape index (κ1) is 19.7. The quantitative estimate of drug-likeness (QED) is 0.367. The van der Waals surface area contributed by atoms with Gasteiger partial charge in [0.25, 0.3) is 0 Å². The number of nitriles is 1. The summed E-state index contributed by atoms with van der Waals surface area (Å²) in [6.45, 7) is 5.42. The number of rotatable bonds is 6. The Balaban J connectivity index is 1.69. The van der Waals surface area contributed by atoms with Gasteiger partial charge in [-0.15, -0.1) is 0 Å². The Morgan fingerprint density at radius 2 is 2.17 bits per heavy atom. The normalized spacial score (nSPS) is 14.7. The minimum absolute atomic E-state index is 0.381. The van der Waals surface area contributed by atoms with Crippen molar-refractivity contribution in [1.82, 2.24) is 14.5 Å². The average molecular weight is 404 g/mol. The molecule has 9 heteroatoms. The molecule has 3 N–H and O–H groups in total. The molecule has 0 aliphatic carbocycles. The van der Waals surface area contributed by atoms with Crippen molar-refractivity contribution in [2.24, 2.45) is 10.8 Å². The van der Waals surface area contributed by atoms with E-state index in [0.29, 0.717) is 43.5 Å². The largest absolute Gasteiger partial charge is 0.382 e. The van der Waals surface area contributed by atoms with Gasteiger partial charge in [0.05, 0.1) is 37.7 Å². The lowest BCUT2D eigenvalue weighted by molar-refractivity contribution is 0.123. The number of aromatic nitrogens is 3. The van der Waals surface area contributed by atoms with Crippen LogP contribution in [0.3, 0.4) is 0 Å². The van der Waals surface area contributed by atoms with Gasteiger partial charge in [-0.2, -0.15) is 10.4 Å². The van der Waals surface area contributed by atoms with Crippen molar-refractivity contribution in [3.8, 4) is 6.07 Å². The average Bonchev–Trinajstić information content (AvgIpc) is 3.19. The van der Waals surface area contributed by atoms with Gasteiger partial charge in [0.15, 0.2) is 17.3 Å². The van der Waals surface area contributed by atoms with E-state index in [1.807, 2.05) is 41.8 Å². The Kier molecular flexibility index (Phi) is 5.77. The zero-order valence-electron chi connectivity index (χ0n) is 16.9. The third-order valence-corrected chi connectivity index (χ3v) is 4.97. The highest BCUT2D eigenvalue weighted by molar-refractivity contribution is 5.98. The van der Waals surface area contributed by atoms with E-state index in [1.54, 1.807) is 6.33 Å². The minimum Gasteiger partial charge on any atom is -0.382 e. The molecule has 2 aromatic heterocycles. The number of hydrazone groups is 1. The maximum absolute atomic E-state index is 8.95. The molecule has 1 saturated heterocycles. The van der Waals surface area contributed by atoms with E-state index in [-0.39, 0.29) is 0 Å². The van der Waals surface area contributed by atoms with Crippen molar-refractivity contribution in [1.29, 1.82) is 5.26 Å². The van der Waals surface area contributed by atoms with Crippen LogP contribution in [0.4, 0.5) is 11.5 Å². The lowest BCUT2D eigenvalue weighted by Crippen LogP contribution is -2.36. The Morgan fingerprint density at radius 3 is 2.93 bits per heavy atom. The molecule has 1 aromatic carbocycles. The molecular formula is C21H24N8O. The fourth-order valence-electron chi connectivity index (χ4n) is 3.44. The number of nitrogens with one attached hydrogen (secondary N) is 1. The number of morpholine rings is 1. The van der Waals surface area contributed by atoms with Gasteiger partial charge in [-0.1, -0.05) is 23.8 Å². The second-order valence-electron chi connectivity index (χ2n) is 7.12. The maximum atomic E-state index is 8.95. The van der Waals surface area contributed by atoms with E-state index in [0.717, 1.165) is 35.4 Å². The Labute approximate surface area is 174 Å². The first-order valence-corrected chi connectivity index (χ1v) is 9.87. The predicted octanol–water partition coefficient (Wildman–Crippen LogP) is 2.22. The van der Waals surface area contributed by atoms with Crippen LogP contribution in [0.5, 0.6) is 0 Å². The van der Waals surface area contributed by atoms with Crippen LogP contribution >= 0.6 is 0 Å². The molecule has 0 unspecified atom stereocenters. The second kappa shape index (κ2) is 8.80. The molecule has 0 radical (unpaired) electrons. The standard InChI is InChI=1S/C21H24N8O/c1-15-4-2-5-16(12-15)20(23)27-26-18-13-17(28-8-10-30-11-9-28)19-21(25-18)29(14-24-19)7-3-6-22/h2,4-5,12-14H,3,7-11H2,1H3,(H2,23,27)(H,25,26). The first-order valence-electron chi connectivity index (χ1n) is 9.87. The lowest BCUT2D eigenvalue weighted by Gasteiger charge is -2.29. The van der Waals surface area contributed by atoms with Crippen molar-refractivity contribution in [2.75, 3.05) is 36.6 Å². The van der Waals surface area contributed by atoms with Crippen molar-refractivity contribution in [3.05, 3.63) is 47.8 Å². The predicted molar refractivity (Wildman–Crippen MR) is 116 cm³/mol. The fourth-order valence-corrected chi connectivity index (χ4v) is 3.44. The van der Waals surface area contributed by atoms with Crippen LogP contribution in [0.25, 0.3) is 11.2 Å². The van der Waals surface area contributed by atoms with Gasteiger partial charge >= 0.3 is 0 Å². The van der Waals surface area contributed by atoms with Crippen molar-refractivity contribution < 1.29 is 4.74 Å². The summed E-state index contributed by atoms with van der Waals surface area (Å²) in [5.74, 6) is 0.949. The van der Waals surface area contributed by atoms with Gasteiger partial charge in [0.1, 0.15) is 5.52 Å². The Morgan fingerprint density at radius 1 is 1.33 bits per heavy atom. The van der Waals surface area contributed by atoms with E-state index >= 15 is 0 Å². The minimum atomic E-state index is 0.381. The van der Waals surface area contributed by atoms with Crippen LogP contribution in [-0.4, -0.2) is 46.7 Å². The zero-order valence-corrected chi connectivity index (χ0v) is 16.9. The highest BCUT2D eigenvalue weighted by Gasteiger charge is 2.19. The number of nitrogens with zero attached hydrogens (tertiary/aromatic N) is 6. The zero-order chi connectivity index (χ0) is 20.9. The van der Waals surface area contributed by atoms with Gasteiger partial charge in [-0.25, -0.2) is 9.97 Å². The van der Waals surface area contributed by atoms with Crippen molar-refractivity contribution in [3.63, 3.8) is 0 Å².